The molecule has 1 nitrogen and oxygen atoms in total. The molecule has 1 aromatic carbocycles. The minimum absolute atomic E-state index is 0.0931. The van der Waals surface area contributed by atoms with Crippen LogP contribution < -0.4 is 0 Å². The van der Waals surface area contributed by atoms with Crippen molar-refractivity contribution in [1.82, 2.24) is 0 Å². The SMILES string of the molecule is CC(Cc1ccc(Br)cc1)C(=O)CBr. The lowest BCUT2D eigenvalue weighted by Gasteiger charge is -2.08. The summed E-state index contributed by atoms with van der Waals surface area (Å²) in [6.45, 7) is 1.96. The number of carbonyl (C=O) groups excluding carboxylic acids is 1. The van der Waals surface area contributed by atoms with Crippen LogP contribution >= 0.6 is 31.9 Å². The normalized spacial score (nSPS) is 12.5. The largest absolute Gasteiger partial charge is 0.298 e. The maximum atomic E-state index is 11.3. The highest BCUT2D eigenvalue weighted by Gasteiger charge is 2.11. The summed E-state index contributed by atoms with van der Waals surface area (Å²) in [5.41, 5.74) is 1.20. The van der Waals surface area contributed by atoms with Crippen LogP contribution in [0.3, 0.4) is 0 Å². The van der Waals surface area contributed by atoms with Crippen LogP contribution in [0.2, 0.25) is 0 Å². The Morgan fingerprint density at radius 2 is 1.93 bits per heavy atom. The average molecular weight is 320 g/mol. The van der Waals surface area contributed by atoms with Crippen molar-refractivity contribution in [3.05, 3.63) is 34.3 Å². The Kier molecular flexibility index (Phi) is 4.82. The first-order valence-electron chi connectivity index (χ1n) is 4.46. The van der Waals surface area contributed by atoms with Gasteiger partial charge >= 0.3 is 0 Å². The Hall–Kier alpha value is -0.150. The van der Waals surface area contributed by atoms with Gasteiger partial charge in [-0.1, -0.05) is 50.9 Å². The number of benzene rings is 1. The molecule has 0 N–H and O–H groups in total. The first-order valence-corrected chi connectivity index (χ1v) is 6.38. The molecule has 76 valence electrons. The molecule has 0 heterocycles. The molecule has 0 aromatic heterocycles. The summed E-state index contributed by atoms with van der Waals surface area (Å²) >= 11 is 6.56. The molecule has 0 fully saturated rings. The number of Topliss-reactive ketones (excluding diaryl/α,β-unsaturated/α-hetero) is 1. The van der Waals surface area contributed by atoms with Crippen LogP contribution in [0, 0.1) is 5.92 Å². The standard InChI is InChI=1S/C11H12Br2O/c1-8(11(14)7-12)6-9-2-4-10(13)5-3-9/h2-5,8H,6-7H2,1H3. The third kappa shape index (κ3) is 3.54. The van der Waals surface area contributed by atoms with Crippen molar-refractivity contribution in [2.45, 2.75) is 13.3 Å². The second kappa shape index (κ2) is 5.66. The zero-order valence-electron chi connectivity index (χ0n) is 7.97. The number of hydrogen-bond acceptors (Lipinski definition) is 1. The molecule has 14 heavy (non-hydrogen) atoms. The zero-order chi connectivity index (χ0) is 10.6. The van der Waals surface area contributed by atoms with Crippen molar-refractivity contribution in [3.63, 3.8) is 0 Å². The minimum Gasteiger partial charge on any atom is -0.298 e. The van der Waals surface area contributed by atoms with Crippen LogP contribution in [-0.2, 0) is 11.2 Å². The molecule has 1 aromatic rings. The van der Waals surface area contributed by atoms with Crippen molar-refractivity contribution in [2.75, 3.05) is 5.33 Å². The Labute approximate surface area is 101 Å². The van der Waals surface area contributed by atoms with Gasteiger partial charge in [0.15, 0.2) is 0 Å². The van der Waals surface area contributed by atoms with Crippen LogP contribution in [-0.4, -0.2) is 11.1 Å². The molecule has 0 saturated heterocycles. The highest BCUT2D eigenvalue weighted by Crippen LogP contribution is 2.14. The number of halogens is 2. The number of alkyl halides is 1. The molecule has 1 rings (SSSR count). The van der Waals surface area contributed by atoms with E-state index in [0.29, 0.717) is 5.33 Å². The van der Waals surface area contributed by atoms with E-state index in [9.17, 15) is 4.79 Å². The zero-order valence-corrected chi connectivity index (χ0v) is 11.1. The molecule has 0 bridgehead atoms. The van der Waals surface area contributed by atoms with Crippen molar-refractivity contribution in [1.29, 1.82) is 0 Å². The van der Waals surface area contributed by atoms with E-state index in [1.807, 2.05) is 31.2 Å². The molecule has 0 radical (unpaired) electrons. The topological polar surface area (TPSA) is 17.1 Å². The van der Waals surface area contributed by atoms with Gasteiger partial charge in [0.1, 0.15) is 5.78 Å². The van der Waals surface area contributed by atoms with Crippen molar-refractivity contribution in [3.8, 4) is 0 Å². The third-order valence-corrected chi connectivity index (χ3v) is 3.22. The molecule has 0 aliphatic carbocycles. The predicted octanol–water partition coefficient (Wildman–Crippen LogP) is 3.59. The van der Waals surface area contributed by atoms with E-state index < -0.39 is 0 Å². The maximum absolute atomic E-state index is 11.3. The van der Waals surface area contributed by atoms with E-state index in [2.05, 4.69) is 31.9 Å². The monoisotopic (exact) mass is 318 g/mol. The molecule has 3 heteroatoms. The quantitative estimate of drug-likeness (QED) is 0.775. The van der Waals surface area contributed by atoms with E-state index in [1.54, 1.807) is 0 Å². The highest BCUT2D eigenvalue weighted by molar-refractivity contribution is 9.10. The van der Waals surface area contributed by atoms with Crippen molar-refractivity contribution < 1.29 is 4.79 Å². The molecular formula is C11H12Br2O. The second-order valence-electron chi connectivity index (χ2n) is 3.33. The first-order chi connectivity index (χ1) is 6.63. The fourth-order valence-corrected chi connectivity index (χ4v) is 2.04. The first kappa shape index (κ1) is 11.9. The van der Waals surface area contributed by atoms with Crippen LogP contribution in [0.1, 0.15) is 12.5 Å². The predicted molar refractivity (Wildman–Crippen MR) is 65.8 cm³/mol. The molecule has 0 aliphatic heterocycles. The molecule has 0 saturated carbocycles. The lowest BCUT2D eigenvalue weighted by Crippen LogP contribution is -2.14. The maximum Gasteiger partial charge on any atom is 0.146 e. The lowest BCUT2D eigenvalue weighted by molar-refractivity contribution is -0.119. The van der Waals surface area contributed by atoms with Crippen molar-refractivity contribution >= 4 is 37.6 Å². The van der Waals surface area contributed by atoms with E-state index in [1.165, 1.54) is 5.56 Å². The third-order valence-electron chi connectivity index (χ3n) is 2.14. The fraction of sp³-hybridized carbons (Fsp3) is 0.364. The summed E-state index contributed by atoms with van der Waals surface area (Å²) in [4.78, 5) is 11.3. The molecule has 0 spiro atoms. The fourth-order valence-electron chi connectivity index (χ4n) is 1.22. The van der Waals surface area contributed by atoms with Crippen LogP contribution in [0.25, 0.3) is 0 Å². The van der Waals surface area contributed by atoms with Gasteiger partial charge in [-0.15, -0.1) is 0 Å². The van der Waals surface area contributed by atoms with Gasteiger partial charge < -0.3 is 0 Å². The van der Waals surface area contributed by atoms with Gasteiger partial charge in [0, 0.05) is 10.4 Å². The minimum atomic E-state index is 0.0931. The van der Waals surface area contributed by atoms with Gasteiger partial charge in [0.05, 0.1) is 5.33 Å². The summed E-state index contributed by atoms with van der Waals surface area (Å²) in [6, 6.07) is 8.09. The Morgan fingerprint density at radius 1 is 1.36 bits per heavy atom. The van der Waals surface area contributed by atoms with E-state index in [-0.39, 0.29) is 11.7 Å². The summed E-state index contributed by atoms with van der Waals surface area (Å²) in [6.07, 6.45) is 0.817. The average Bonchev–Trinajstić information content (AvgIpc) is 2.20. The molecule has 0 amide bonds. The Morgan fingerprint density at radius 3 is 2.43 bits per heavy atom. The van der Waals surface area contributed by atoms with Gasteiger partial charge in [0.25, 0.3) is 0 Å². The van der Waals surface area contributed by atoms with Crippen molar-refractivity contribution in [2.24, 2.45) is 5.92 Å². The van der Waals surface area contributed by atoms with Gasteiger partial charge in [0.2, 0.25) is 0 Å². The molecule has 0 aliphatic rings. The number of rotatable bonds is 4. The molecule has 1 atom stereocenters. The summed E-state index contributed by atoms with van der Waals surface area (Å²) in [5, 5.41) is 0.449. The smallest absolute Gasteiger partial charge is 0.146 e. The van der Waals surface area contributed by atoms with E-state index in [4.69, 9.17) is 0 Å². The number of carbonyl (C=O) groups is 1. The summed E-state index contributed by atoms with van der Waals surface area (Å²) in [5.74, 6) is 0.350. The second-order valence-corrected chi connectivity index (χ2v) is 4.81. The molecule has 1 unspecified atom stereocenters. The lowest BCUT2D eigenvalue weighted by atomic mass is 9.98. The van der Waals surface area contributed by atoms with Gasteiger partial charge in [-0.2, -0.15) is 0 Å². The molecular weight excluding hydrogens is 308 g/mol. The van der Waals surface area contributed by atoms with Crippen LogP contribution in [0.5, 0.6) is 0 Å². The number of ketones is 1. The number of hydrogen-bond donors (Lipinski definition) is 0. The summed E-state index contributed by atoms with van der Waals surface area (Å²) < 4.78 is 1.07. The Bertz CT molecular complexity index is 306. The van der Waals surface area contributed by atoms with E-state index in [0.717, 1.165) is 10.9 Å². The van der Waals surface area contributed by atoms with Gasteiger partial charge in [-0.25, -0.2) is 0 Å². The Balaban J connectivity index is 2.60. The van der Waals surface area contributed by atoms with Gasteiger partial charge in [-0.05, 0) is 24.1 Å². The van der Waals surface area contributed by atoms with Crippen LogP contribution in [0.4, 0.5) is 0 Å². The summed E-state index contributed by atoms with van der Waals surface area (Å²) in [7, 11) is 0. The van der Waals surface area contributed by atoms with Crippen LogP contribution in [0.15, 0.2) is 28.7 Å². The van der Waals surface area contributed by atoms with E-state index >= 15 is 0 Å². The van der Waals surface area contributed by atoms with Gasteiger partial charge in [-0.3, -0.25) is 4.79 Å². The highest BCUT2D eigenvalue weighted by atomic mass is 79.9.